The van der Waals surface area contributed by atoms with E-state index in [4.69, 9.17) is 10.5 Å². The molecule has 1 amide bonds. The molecule has 1 saturated heterocycles. The monoisotopic (exact) mass is 250 g/mol. The largest absolute Gasteiger partial charge is 0.379 e. The molecule has 0 aliphatic carbocycles. The summed E-state index contributed by atoms with van der Waals surface area (Å²) in [6.45, 7) is 5.24. The van der Waals surface area contributed by atoms with Gasteiger partial charge in [-0.1, -0.05) is 13.3 Å². The van der Waals surface area contributed by atoms with Crippen molar-refractivity contribution in [3.05, 3.63) is 0 Å². The molecule has 0 aromatic rings. The molecule has 1 aliphatic rings. The Kier molecular flexibility index (Phi) is 6.95. The van der Waals surface area contributed by atoms with Crippen LogP contribution in [0.15, 0.2) is 0 Å². The van der Waals surface area contributed by atoms with E-state index in [0.29, 0.717) is 13.0 Å². The number of halogens is 1. The average molecular weight is 251 g/mol. The Morgan fingerprint density at radius 1 is 1.62 bits per heavy atom. The van der Waals surface area contributed by atoms with E-state index in [1.165, 1.54) is 0 Å². The van der Waals surface area contributed by atoms with E-state index in [1.807, 2.05) is 6.92 Å². The Morgan fingerprint density at radius 3 is 2.81 bits per heavy atom. The molecule has 3 N–H and O–H groups in total. The fourth-order valence-corrected chi connectivity index (χ4v) is 1.84. The first-order valence-corrected chi connectivity index (χ1v) is 5.74. The third-order valence-corrected chi connectivity index (χ3v) is 2.78. The maximum atomic E-state index is 11.8. The Morgan fingerprint density at radius 2 is 2.31 bits per heavy atom. The van der Waals surface area contributed by atoms with E-state index in [1.54, 1.807) is 6.92 Å². The van der Waals surface area contributed by atoms with Crippen LogP contribution in [0.4, 0.5) is 0 Å². The second-order valence-corrected chi connectivity index (χ2v) is 4.55. The zero-order chi connectivity index (χ0) is 11.3. The fraction of sp³-hybridized carbons (Fsp3) is 0.909. The van der Waals surface area contributed by atoms with Gasteiger partial charge in [0, 0.05) is 6.61 Å². The molecule has 2 atom stereocenters. The number of hydrogen-bond acceptors (Lipinski definition) is 3. The van der Waals surface area contributed by atoms with E-state index < -0.39 is 5.54 Å². The van der Waals surface area contributed by atoms with Gasteiger partial charge >= 0.3 is 0 Å². The van der Waals surface area contributed by atoms with Crippen molar-refractivity contribution in [1.29, 1.82) is 0 Å². The summed E-state index contributed by atoms with van der Waals surface area (Å²) in [6.07, 6.45) is 3.64. The minimum absolute atomic E-state index is 0. The summed E-state index contributed by atoms with van der Waals surface area (Å²) in [5, 5.41) is 2.96. The lowest BCUT2D eigenvalue weighted by molar-refractivity contribution is -0.127. The molecule has 0 saturated carbocycles. The van der Waals surface area contributed by atoms with Crippen LogP contribution >= 0.6 is 12.4 Å². The third-order valence-electron chi connectivity index (χ3n) is 2.78. The summed E-state index contributed by atoms with van der Waals surface area (Å²) in [5.74, 6) is -0.0557. The highest BCUT2D eigenvalue weighted by Crippen LogP contribution is 2.11. The average Bonchev–Trinajstić information content (AvgIpc) is 2.19. The lowest BCUT2D eigenvalue weighted by Crippen LogP contribution is -2.55. The molecule has 16 heavy (non-hydrogen) atoms. The first kappa shape index (κ1) is 15.7. The predicted octanol–water partition coefficient (Wildman–Crippen LogP) is 1.22. The zero-order valence-electron chi connectivity index (χ0n) is 10.1. The molecule has 1 aliphatic heterocycles. The Hall–Kier alpha value is -0.320. The van der Waals surface area contributed by atoms with Gasteiger partial charge in [0.05, 0.1) is 18.2 Å². The van der Waals surface area contributed by atoms with E-state index in [2.05, 4.69) is 5.32 Å². The van der Waals surface area contributed by atoms with E-state index >= 15 is 0 Å². The van der Waals surface area contributed by atoms with Crippen LogP contribution in [-0.2, 0) is 9.53 Å². The van der Waals surface area contributed by atoms with Crippen molar-refractivity contribution < 1.29 is 9.53 Å². The second kappa shape index (κ2) is 7.09. The van der Waals surface area contributed by atoms with Gasteiger partial charge in [0.2, 0.25) is 5.91 Å². The first-order valence-electron chi connectivity index (χ1n) is 5.74. The molecule has 0 aromatic heterocycles. The van der Waals surface area contributed by atoms with Crippen LogP contribution < -0.4 is 11.1 Å². The van der Waals surface area contributed by atoms with Crippen LogP contribution in [0.1, 0.15) is 39.5 Å². The van der Waals surface area contributed by atoms with Crippen molar-refractivity contribution in [2.24, 2.45) is 5.73 Å². The summed E-state index contributed by atoms with van der Waals surface area (Å²) >= 11 is 0. The highest BCUT2D eigenvalue weighted by atomic mass is 35.5. The number of nitrogens with one attached hydrogen (secondary N) is 1. The Labute approximate surface area is 104 Å². The van der Waals surface area contributed by atoms with Crippen molar-refractivity contribution in [3.8, 4) is 0 Å². The van der Waals surface area contributed by atoms with Gasteiger partial charge in [-0.25, -0.2) is 0 Å². The molecule has 0 aromatic carbocycles. The molecule has 4 nitrogen and oxygen atoms in total. The molecular weight excluding hydrogens is 228 g/mol. The van der Waals surface area contributed by atoms with Gasteiger partial charge in [-0.3, -0.25) is 4.79 Å². The highest BCUT2D eigenvalue weighted by Gasteiger charge is 2.29. The van der Waals surface area contributed by atoms with Gasteiger partial charge in [-0.05, 0) is 26.2 Å². The van der Waals surface area contributed by atoms with Crippen molar-refractivity contribution in [2.45, 2.75) is 51.1 Å². The lowest BCUT2D eigenvalue weighted by atomic mass is 9.95. The van der Waals surface area contributed by atoms with Crippen molar-refractivity contribution >= 4 is 18.3 Å². The molecule has 0 radical (unpaired) electrons. The minimum atomic E-state index is -0.744. The SMILES string of the molecule is CCCC(C)(N)C(=O)NC1CCCOC1.Cl. The van der Waals surface area contributed by atoms with Crippen molar-refractivity contribution in [1.82, 2.24) is 5.32 Å². The van der Waals surface area contributed by atoms with Crippen LogP contribution in [0.5, 0.6) is 0 Å². The fourth-order valence-electron chi connectivity index (χ4n) is 1.84. The first-order chi connectivity index (χ1) is 7.06. The maximum absolute atomic E-state index is 11.8. The van der Waals surface area contributed by atoms with Crippen LogP contribution in [0.2, 0.25) is 0 Å². The zero-order valence-corrected chi connectivity index (χ0v) is 10.9. The van der Waals surface area contributed by atoms with E-state index in [-0.39, 0.29) is 24.4 Å². The van der Waals surface area contributed by atoms with Crippen LogP contribution in [-0.4, -0.2) is 30.7 Å². The topological polar surface area (TPSA) is 64.4 Å². The normalized spacial score (nSPS) is 24.1. The molecular formula is C11H23ClN2O2. The molecule has 5 heteroatoms. The van der Waals surface area contributed by atoms with E-state index in [0.717, 1.165) is 25.9 Å². The van der Waals surface area contributed by atoms with Gasteiger partial charge in [0.15, 0.2) is 0 Å². The molecule has 1 fully saturated rings. The smallest absolute Gasteiger partial charge is 0.240 e. The summed E-state index contributed by atoms with van der Waals surface area (Å²) in [4.78, 5) is 11.8. The Balaban J connectivity index is 0.00000225. The lowest BCUT2D eigenvalue weighted by Gasteiger charge is -2.28. The summed E-state index contributed by atoms with van der Waals surface area (Å²) in [7, 11) is 0. The minimum Gasteiger partial charge on any atom is -0.379 e. The summed E-state index contributed by atoms with van der Waals surface area (Å²) in [5.41, 5.74) is 5.19. The van der Waals surface area contributed by atoms with Gasteiger partial charge < -0.3 is 15.8 Å². The second-order valence-electron chi connectivity index (χ2n) is 4.55. The summed E-state index contributed by atoms with van der Waals surface area (Å²) in [6, 6.07) is 0.144. The van der Waals surface area contributed by atoms with Gasteiger partial charge in [0.1, 0.15) is 0 Å². The standard InChI is InChI=1S/C11H22N2O2.ClH/c1-3-6-11(2,12)10(14)13-9-5-4-7-15-8-9;/h9H,3-8,12H2,1-2H3,(H,13,14);1H. The number of rotatable bonds is 4. The van der Waals surface area contributed by atoms with Crippen LogP contribution in [0.25, 0.3) is 0 Å². The molecule has 1 rings (SSSR count). The number of hydrogen-bond donors (Lipinski definition) is 2. The predicted molar refractivity (Wildman–Crippen MR) is 66.7 cm³/mol. The molecule has 96 valence electrons. The van der Waals surface area contributed by atoms with Gasteiger partial charge in [-0.2, -0.15) is 0 Å². The maximum Gasteiger partial charge on any atom is 0.240 e. The van der Waals surface area contributed by atoms with Crippen molar-refractivity contribution in [3.63, 3.8) is 0 Å². The number of ether oxygens (including phenoxy) is 1. The number of carbonyl (C=O) groups excluding carboxylic acids is 1. The van der Waals surface area contributed by atoms with Crippen molar-refractivity contribution in [2.75, 3.05) is 13.2 Å². The molecule has 1 heterocycles. The number of amides is 1. The van der Waals surface area contributed by atoms with Crippen LogP contribution in [0.3, 0.4) is 0 Å². The van der Waals surface area contributed by atoms with Gasteiger partial charge in [-0.15, -0.1) is 12.4 Å². The quantitative estimate of drug-likeness (QED) is 0.789. The molecule has 0 bridgehead atoms. The number of nitrogens with two attached hydrogens (primary N) is 1. The van der Waals surface area contributed by atoms with Crippen LogP contribution in [0, 0.1) is 0 Å². The summed E-state index contributed by atoms with van der Waals surface area (Å²) < 4.78 is 5.30. The van der Waals surface area contributed by atoms with Gasteiger partial charge in [0.25, 0.3) is 0 Å². The third kappa shape index (κ3) is 4.68. The number of carbonyl (C=O) groups is 1. The Bertz CT molecular complexity index is 216. The highest BCUT2D eigenvalue weighted by molar-refractivity contribution is 5.86. The molecule has 2 unspecified atom stereocenters. The van der Waals surface area contributed by atoms with E-state index in [9.17, 15) is 4.79 Å². The molecule has 0 spiro atoms.